The topological polar surface area (TPSA) is 67.1 Å². The van der Waals surface area contributed by atoms with E-state index in [-0.39, 0.29) is 6.61 Å². The number of methoxy groups -OCH3 is 1. The van der Waals surface area contributed by atoms with Gasteiger partial charge < -0.3 is 14.2 Å². The molecule has 1 aliphatic heterocycles. The van der Waals surface area contributed by atoms with Crippen molar-refractivity contribution < 1.29 is 14.2 Å². The number of nitrogens with zero attached hydrogens (tertiary/aromatic N) is 3. The van der Waals surface area contributed by atoms with Crippen LogP contribution in [0.2, 0.25) is 0 Å². The van der Waals surface area contributed by atoms with E-state index >= 15 is 0 Å². The lowest BCUT2D eigenvalue weighted by Crippen LogP contribution is -2.32. The number of hydrogen-bond donors (Lipinski definition) is 0. The quantitative estimate of drug-likeness (QED) is 0.757. The zero-order valence-electron chi connectivity index (χ0n) is 11.4. The molecule has 0 aliphatic carbocycles. The molecule has 106 valence electrons. The smallest absolute Gasteiger partial charge is 0.174 e. The van der Waals surface area contributed by atoms with Crippen LogP contribution in [-0.2, 0) is 4.74 Å². The lowest BCUT2D eigenvalue weighted by atomic mass is 10.2. The van der Waals surface area contributed by atoms with Crippen LogP contribution >= 0.6 is 0 Å². The highest BCUT2D eigenvalue weighted by Crippen LogP contribution is 2.27. The Morgan fingerprint density at radius 1 is 1.40 bits per heavy atom. The van der Waals surface area contributed by atoms with E-state index in [1.807, 2.05) is 23.2 Å². The first-order valence-electron chi connectivity index (χ1n) is 6.38. The maximum Gasteiger partial charge on any atom is 0.174 e. The summed E-state index contributed by atoms with van der Waals surface area (Å²) in [4.78, 5) is 0. The van der Waals surface area contributed by atoms with Crippen LogP contribution < -0.4 is 9.47 Å². The third-order valence-electron chi connectivity index (χ3n) is 2.84. The Bertz CT molecular complexity index is 505. The molecule has 0 saturated carbocycles. The molecule has 1 saturated heterocycles. The summed E-state index contributed by atoms with van der Waals surface area (Å²) in [6.45, 7) is 3.02. The molecule has 0 unspecified atom stereocenters. The second kappa shape index (κ2) is 7.36. The van der Waals surface area contributed by atoms with Gasteiger partial charge >= 0.3 is 0 Å². The highest BCUT2D eigenvalue weighted by Gasteiger charge is 2.07. The van der Waals surface area contributed by atoms with Gasteiger partial charge in [0.25, 0.3) is 0 Å². The van der Waals surface area contributed by atoms with Crippen LogP contribution in [0, 0.1) is 11.3 Å². The van der Waals surface area contributed by atoms with Gasteiger partial charge in [-0.2, -0.15) is 10.4 Å². The largest absolute Gasteiger partial charge is 0.493 e. The molecule has 0 aromatic heterocycles. The molecule has 0 amide bonds. The Morgan fingerprint density at radius 2 is 2.20 bits per heavy atom. The van der Waals surface area contributed by atoms with E-state index in [4.69, 9.17) is 19.5 Å². The standard InChI is InChI=1S/C14H17N3O3/c1-18-14-10-12(2-3-13(14)20-7-4-15)11-16-17-5-8-19-9-6-17/h2-3,10-11H,5-9H2,1H3/b16-11+. The van der Waals surface area contributed by atoms with Gasteiger partial charge in [0.2, 0.25) is 0 Å². The van der Waals surface area contributed by atoms with Crippen LogP contribution in [-0.4, -0.2) is 51.2 Å². The fourth-order valence-corrected chi connectivity index (χ4v) is 1.81. The van der Waals surface area contributed by atoms with E-state index in [0.29, 0.717) is 24.7 Å². The van der Waals surface area contributed by atoms with E-state index in [1.165, 1.54) is 0 Å². The minimum atomic E-state index is -0.00241. The second-order valence-corrected chi connectivity index (χ2v) is 4.17. The Labute approximate surface area is 118 Å². The van der Waals surface area contributed by atoms with Gasteiger partial charge in [0.1, 0.15) is 6.07 Å². The fourth-order valence-electron chi connectivity index (χ4n) is 1.81. The van der Waals surface area contributed by atoms with Crippen molar-refractivity contribution in [2.45, 2.75) is 0 Å². The maximum atomic E-state index is 8.52. The van der Waals surface area contributed by atoms with Crippen LogP contribution in [0.3, 0.4) is 0 Å². The highest BCUT2D eigenvalue weighted by molar-refractivity contribution is 5.80. The Hall–Kier alpha value is -2.26. The van der Waals surface area contributed by atoms with Gasteiger partial charge in [-0.3, -0.25) is 5.01 Å². The molecule has 2 rings (SSSR count). The summed E-state index contributed by atoms with van der Waals surface area (Å²) in [5.41, 5.74) is 0.914. The van der Waals surface area contributed by atoms with E-state index in [1.54, 1.807) is 19.4 Å². The zero-order valence-corrected chi connectivity index (χ0v) is 11.4. The van der Waals surface area contributed by atoms with Crippen molar-refractivity contribution in [3.05, 3.63) is 23.8 Å². The average molecular weight is 275 g/mol. The minimum absolute atomic E-state index is 0.00241. The fraction of sp³-hybridized carbons (Fsp3) is 0.429. The number of ether oxygens (including phenoxy) is 3. The van der Waals surface area contributed by atoms with Crippen molar-refractivity contribution in [2.75, 3.05) is 40.0 Å². The van der Waals surface area contributed by atoms with Gasteiger partial charge in [0.15, 0.2) is 18.1 Å². The van der Waals surface area contributed by atoms with Crippen molar-refractivity contribution in [1.82, 2.24) is 5.01 Å². The van der Waals surface area contributed by atoms with Crippen molar-refractivity contribution in [3.63, 3.8) is 0 Å². The first kappa shape index (κ1) is 14.2. The van der Waals surface area contributed by atoms with E-state index in [9.17, 15) is 0 Å². The molecule has 1 aromatic rings. The number of rotatable bonds is 5. The molecule has 20 heavy (non-hydrogen) atoms. The van der Waals surface area contributed by atoms with Crippen molar-refractivity contribution in [1.29, 1.82) is 5.26 Å². The van der Waals surface area contributed by atoms with E-state index < -0.39 is 0 Å². The highest BCUT2D eigenvalue weighted by atomic mass is 16.5. The Balaban J connectivity index is 2.04. The molecule has 0 spiro atoms. The van der Waals surface area contributed by atoms with Crippen molar-refractivity contribution >= 4 is 6.21 Å². The van der Waals surface area contributed by atoms with Crippen LogP contribution in [0.4, 0.5) is 0 Å². The number of benzene rings is 1. The average Bonchev–Trinajstić information content (AvgIpc) is 2.52. The molecule has 1 fully saturated rings. The number of hydrazone groups is 1. The summed E-state index contributed by atoms with van der Waals surface area (Å²) in [6, 6.07) is 7.41. The predicted octanol–water partition coefficient (Wildman–Crippen LogP) is 1.26. The van der Waals surface area contributed by atoms with Crippen molar-refractivity contribution in [3.8, 4) is 17.6 Å². The molecule has 0 N–H and O–H groups in total. The SMILES string of the molecule is COc1cc(/C=N/N2CCOCC2)ccc1OCC#N. The normalized spacial score (nSPS) is 15.1. The summed E-state index contributed by atoms with van der Waals surface area (Å²) >= 11 is 0. The summed E-state index contributed by atoms with van der Waals surface area (Å²) in [6.07, 6.45) is 1.78. The minimum Gasteiger partial charge on any atom is -0.493 e. The third kappa shape index (κ3) is 3.87. The lowest BCUT2D eigenvalue weighted by molar-refractivity contribution is 0.0397. The zero-order chi connectivity index (χ0) is 14.2. The molecular weight excluding hydrogens is 258 g/mol. The van der Waals surface area contributed by atoms with Gasteiger partial charge in [-0.15, -0.1) is 0 Å². The monoisotopic (exact) mass is 275 g/mol. The molecule has 1 aromatic carbocycles. The molecule has 6 nitrogen and oxygen atoms in total. The van der Waals surface area contributed by atoms with Crippen LogP contribution in [0.15, 0.2) is 23.3 Å². The Morgan fingerprint density at radius 3 is 2.90 bits per heavy atom. The van der Waals surface area contributed by atoms with E-state index in [2.05, 4.69) is 5.10 Å². The van der Waals surface area contributed by atoms with Gasteiger partial charge in [0.05, 0.1) is 39.6 Å². The van der Waals surface area contributed by atoms with Crippen LogP contribution in [0.5, 0.6) is 11.5 Å². The molecule has 6 heteroatoms. The molecule has 0 radical (unpaired) electrons. The maximum absolute atomic E-state index is 8.52. The molecular formula is C14H17N3O3. The summed E-state index contributed by atoms with van der Waals surface area (Å²) < 4.78 is 15.8. The van der Waals surface area contributed by atoms with Gasteiger partial charge in [-0.05, 0) is 23.8 Å². The number of nitriles is 1. The van der Waals surface area contributed by atoms with Crippen molar-refractivity contribution in [2.24, 2.45) is 5.10 Å². The Kier molecular flexibility index (Phi) is 5.21. The molecule has 1 aliphatic rings. The van der Waals surface area contributed by atoms with Crippen LogP contribution in [0.25, 0.3) is 0 Å². The first-order valence-corrected chi connectivity index (χ1v) is 6.38. The van der Waals surface area contributed by atoms with Gasteiger partial charge in [-0.1, -0.05) is 0 Å². The summed E-state index contributed by atoms with van der Waals surface area (Å²) in [7, 11) is 1.57. The summed E-state index contributed by atoms with van der Waals surface area (Å²) in [5.74, 6) is 1.14. The van der Waals surface area contributed by atoms with Gasteiger partial charge in [0, 0.05) is 0 Å². The van der Waals surface area contributed by atoms with Gasteiger partial charge in [-0.25, -0.2) is 0 Å². The molecule has 1 heterocycles. The summed E-state index contributed by atoms with van der Waals surface area (Å²) in [5, 5.41) is 14.9. The number of morpholine rings is 1. The second-order valence-electron chi connectivity index (χ2n) is 4.17. The van der Waals surface area contributed by atoms with E-state index in [0.717, 1.165) is 18.7 Å². The predicted molar refractivity (Wildman–Crippen MR) is 74.1 cm³/mol. The molecule has 0 bridgehead atoms. The third-order valence-corrected chi connectivity index (χ3v) is 2.84. The molecule has 0 atom stereocenters. The first-order chi connectivity index (χ1) is 9.83. The lowest BCUT2D eigenvalue weighted by Gasteiger charge is -2.23. The number of hydrogen-bond acceptors (Lipinski definition) is 6. The van der Waals surface area contributed by atoms with Crippen LogP contribution in [0.1, 0.15) is 5.56 Å².